The van der Waals surface area contributed by atoms with E-state index >= 15 is 0 Å². The second-order valence-electron chi connectivity index (χ2n) is 5.87. The van der Waals surface area contributed by atoms with E-state index in [1.165, 1.54) is 25.7 Å². The monoisotopic (exact) mass is 279 g/mol. The summed E-state index contributed by atoms with van der Waals surface area (Å²) in [7, 11) is 0. The molecule has 0 radical (unpaired) electrons. The minimum Gasteiger partial charge on any atom is -0.461 e. The van der Waals surface area contributed by atoms with Crippen LogP contribution in [-0.2, 0) is 0 Å². The topological polar surface area (TPSA) is 86.0 Å². The number of nitrogens with zero attached hydrogens (tertiary/aromatic N) is 3. The lowest BCUT2D eigenvalue weighted by molar-refractivity contribution is 0.222. The van der Waals surface area contributed by atoms with Crippen LogP contribution in [0.1, 0.15) is 46.5 Å². The van der Waals surface area contributed by atoms with E-state index in [-0.39, 0.29) is 18.1 Å². The third-order valence-electron chi connectivity index (χ3n) is 3.78. The quantitative estimate of drug-likeness (QED) is 0.861. The summed E-state index contributed by atoms with van der Waals surface area (Å²) >= 11 is 0. The van der Waals surface area contributed by atoms with Crippen molar-refractivity contribution in [1.82, 2.24) is 15.0 Å². The van der Waals surface area contributed by atoms with Crippen molar-refractivity contribution in [3.63, 3.8) is 0 Å². The molecular weight excluding hydrogens is 254 g/mol. The smallest absolute Gasteiger partial charge is 0.323 e. The van der Waals surface area contributed by atoms with E-state index in [4.69, 9.17) is 10.5 Å². The molecule has 1 saturated carbocycles. The van der Waals surface area contributed by atoms with Gasteiger partial charge in [0.25, 0.3) is 0 Å². The number of nitrogens with one attached hydrogen (secondary N) is 1. The molecule has 112 valence electrons. The predicted molar refractivity (Wildman–Crippen MR) is 79.6 cm³/mol. The average Bonchev–Trinajstić information content (AvgIpc) is 2.36. The number of rotatable bonds is 5. The highest BCUT2D eigenvalue weighted by molar-refractivity contribution is 5.32. The van der Waals surface area contributed by atoms with Crippen LogP contribution in [0.5, 0.6) is 6.01 Å². The predicted octanol–water partition coefficient (Wildman–Crippen LogP) is 2.48. The molecule has 20 heavy (non-hydrogen) atoms. The van der Waals surface area contributed by atoms with Crippen LogP contribution in [0.25, 0.3) is 0 Å². The first kappa shape index (κ1) is 14.8. The Bertz CT molecular complexity index is 438. The van der Waals surface area contributed by atoms with Crippen LogP contribution in [0, 0.1) is 11.8 Å². The van der Waals surface area contributed by atoms with Crippen molar-refractivity contribution >= 4 is 11.9 Å². The van der Waals surface area contributed by atoms with Crippen LogP contribution in [0.2, 0.25) is 0 Å². The molecule has 1 aliphatic carbocycles. The maximum atomic E-state index is 5.69. The third-order valence-corrected chi connectivity index (χ3v) is 3.78. The van der Waals surface area contributed by atoms with E-state index in [2.05, 4.69) is 27.2 Å². The van der Waals surface area contributed by atoms with E-state index in [1.807, 2.05) is 13.8 Å². The second-order valence-corrected chi connectivity index (χ2v) is 5.87. The van der Waals surface area contributed by atoms with Crippen molar-refractivity contribution in [3.05, 3.63) is 0 Å². The first-order valence-electron chi connectivity index (χ1n) is 7.46. The molecule has 1 aliphatic rings. The summed E-state index contributed by atoms with van der Waals surface area (Å²) in [6.45, 7) is 7.06. The molecule has 1 fully saturated rings. The Kier molecular flexibility index (Phi) is 4.98. The maximum Gasteiger partial charge on any atom is 0.323 e. The van der Waals surface area contributed by atoms with Gasteiger partial charge in [-0.2, -0.15) is 15.0 Å². The van der Waals surface area contributed by atoms with Crippen LogP contribution >= 0.6 is 0 Å². The summed E-state index contributed by atoms with van der Waals surface area (Å²) in [4.78, 5) is 12.3. The molecule has 1 aromatic rings. The molecule has 2 atom stereocenters. The molecule has 1 heterocycles. The van der Waals surface area contributed by atoms with Crippen molar-refractivity contribution < 1.29 is 4.74 Å². The molecule has 0 aliphatic heterocycles. The number of ether oxygens (including phenoxy) is 1. The van der Waals surface area contributed by atoms with Gasteiger partial charge in [-0.15, -0.1) is 0 Å². The SMILES string of the molecule is CC(C)Oc1nc(N)nc(NCC2CCCCC2C)n1. The normalized spacial score (nSPS) is 22.8. The highest BCUT2D eigenvalue weighted by Crippen LogP contribution is 2.29. The summed E-state index contributed by atoms with van der Waals surface area (Å²) in [6.07, 6.45) is 5.26. The van der Waals surface area contributed by atoms with E-state index < -0.39 is 0 Å². The van der Waals surface area contributed by atoms with Gasteiger partial charge < -0.3 is 15.8 Å². The summed E-state index contributed by atoms with van der Waals surface area (Å²) in [5.41, 5.74) is 5.69. The lowest BCUT2D eigenvalue weighted by Gasteiger charge is -2.28. The molecule has 3 N–H and O–H groups in total. The number of nitrogen functional groups attached to an aromatic ring is 1. The van der Waals surface area contributed by atoms with Gasteiger partial charge in [-0.3, -0.25) is 0 Å². The van der Waals surface area contributed by atoms with Crippen LogP contribution < -0.4 is 15.8 Å². The van der Waals surface area contributed by atoms with Gasteiger partial charge in [-0.1, -0.05) is 26.2 Å². The van der Waals surface area contributed by atoms with Gasteiger partial charge >= 0.3 is 6.01 Å². The van der Waals surface area contributed by atoms with Crippen molar-refractivity contribution in [3.8, 4) is 6.01 Å². The van der Waals surface area contributed by atoms with Crippen LogP contribution in [-0.4, -0.2) is 27.6 Å². The van der Waals surface area contributed by atoms with Crippen LogP contribution in [0.15, 0.2) is 0 Å². The molecule has 6 nitrogen and oxygen atoms in total. The van der Waals surface area contributed by atoms with Gasteiger partial charge in [0.15, 0.2) is 0 Å². The zero-order chi connectivity index (χ0) is 14.5. The average molecular weight is 279 g/mol. The third kappa shape index (κ3) is 4.21. The number of anilines is 2. The van der Waals surface area contributed by atoms with Gasteiger partial charge in [0.05, 0.1) is 6.10 Å². The minimum absolute atomic E-state index is 0.0167. The largest absolute Gasteiger partial charge is 0.461 e. The van der Waals surface area contributed by atoms with Crippen LogP contribution in [0.3, 0.4) is 0 Å². The summed E-state index contributed by atoms with van der Waals surface area (Å²) in [5.74, 6) is 2.12. The Balaban J connectivity index is 1.96. The minimum atomic E-state index is 0.0167. The Morgan fingerprint density at radius 3 is 2.70 bits per heavy atom. The summed E-state index contributed by atoms with van der Waals surface area (Å²) < 4.78 is 5.47. The molecule has 2 rings (SSSR count). The zero-order valence-corrected chi connectivity index (χ0v) is 12.6. The molecule has 0 aromatic carbocycles. The van der Waals surface area contributed by atoms with Gasteiger partial charge in [0.1, 0.15) is 0 Å². The van der Waals surface area contributed by atoms with E-state index in [1.54, 1.807) is 0 Å². The van der Waals surface area contributed by atoms with Gasteiger partial charge in [0, 0.05) is 6.54 Å². The van der Waals surface area contributed by atoms with Crippen LogP contribution in [0.4, 0.5) is 11.9 Å². The van der Waals surface area contributed by atoms with Crippen molar-refractivity contribution in [2.24, 2.45) is 11.8 Å². The Labute approximate surface area is 120 Å². The van der Waals surface area contributed by atoms with Gasteiger partial charge in [0.2, 0.25) is 11.9 Å². The van der Waals surface area contributed by atoms with E-state index in [0.29, 0.717) is 11.9 Å². The van der Waals surface area contributed by atoms with Gasteiger partial charge in [-0.25, -0.2) is 0 Å². The Morgan fingerprint density at radius 2 is 2.00 bits per heavy atom. The lowest BCUT2D eigenvalue weighted by Crippen LogP contribution is -2.25. The van der Waals surface area contributed by atoms with E-state index in [9.17, 15) is 0 Å². The fourth-order valence-corrected chi connectivity index (χ4v) is 2.63. The first-order valence-corrected chi connectivity index (χ1v) is 7.46. The highest BCUT2D eigenvalue weighted by Gasteiger charge is 2.21. The number of hydrogen-bond acceptors (Lipinski definition) is 6. The molecule has 6 heteroatoms. The van der Waals surface area contributed by atoms with Crippen molar-refractivity contribution in [2.45, 2.75) is 52.6 Å². The molecule has 0 amide bonds. The zero-order valence-electron chi connectivity index (χ0n) is 12.6. The highest BCUT2D eigenvalue weighted by atomic mass is 16.5. The lowest BCUT2D eigenvalue weighted by atomic mass is 9.80. The fourth-order valence-electron chi connectivity index (χ4n) is 2.63. The molecule has 1 aromatic heterocycles. The standard InChI is InChI=1S/C14H25N5O/c1-9(2)20-14-18-12(15)17-13(19-14)16-8-11-7-5-4-6-10(11)3/h9-11H,4-8H2,1-3H3,(H3,15,16,17,18,19). The van der Waals surface area contributed by atoms with Gasteiger partial charge in [-0.05, 0) is 32.1 Å². The second kappa shape index (κ2) is 6.72. The summed E-state index contributed by atoms with van der Waals surface area (Å²) in [6, 6.07) is 0.284. The Hall–Kier alpha value is -1.59. The molecule has 0 bridgehead atoms. The first-order chi connectivity index (χ1) is 9.54. The van der Waals surface area contributed by atoms with Crippen molar-refractivity contribution in [2.75, 3.05) is 17.6 Å². The Morgan fingerprint density at radius 1 is 1.25 bits per heavy atom. The number of nitrogens with two attached hydrogens (primary N) is 1. The van der Waals surface area contributed by atoms with E-state index in [0.717, 1.165) is 12.5 Å². The molecule has 0 saturated heterocycles. The fraction of sp³-hybridized carbons (Fsp3) is 0.786. The van der Waals surface area contributed by atoms with Crippen molar-refractivity contribution in [1.29, 1.82) is 0 Å². The number of aromatic nitrogens is 3. The molecule has 2 unspecified atom stereocenters. The summed E-state index contributed by atoms with van der Waals surface area (Å²) in [5, 5.41) is 3.28. The number of hydrogen-bond donors (Lipinski definition) is 2. The molecular formula is C14H25N5O. The molecule has 0 spiro atoms. The maximum absolute atomic E-state index is 5.69.